The number of alkyl halides is 3. The smallest absolute Gasteiger partial charge is 0.401 e. The number of hydrogen-bond acceptors (Lipinski definition) is 4. The highest BCUT2D eigenvalue weighted by Gasteiger charge is 2.38. The van der Waals surface area contributed by atoms with Crippen LogP contribution in [0.2, 0.25) is 0 Å². The van der Waals surface area contributed by atoms with Gasteiger partial charge in [-0.25, -0.2) is 0 Å². The Morgan fingerprint density at radius 1 is 1.35 bits per heavy atom. The van der Waals surface area contributed by atoms with Crippen LogP contribution < -0.4 is 5.32 Å². The maximum absolute atomic E-state index is 12.5. The van der Waals surface area contributed by atoms with E-state index in [9.17, 15) is 18.0 Å². The Balaban J connectivity index is 1.83. The lowest BCUT2D eigenvalue weighted by Crippen LogP contribution is -2.44. The average Bonchev–Trinajstić information content (AvgIpc) is 3.23. The van der Waals surface area contributed by atoms with E-state index in [0.717, 1.165) is 25.7 Å². The van der Waals surface area contributed by atoms with Gasteiger partial charge >= 0.3 is 12.1 Å². The van der Waals surface area contributed by atoms with Crippen LogP contribution in [0.4, 0.5) is 13.2 Å². The van der Waals surface area contributed by atoms with E-state index < -0.39 is 18.8 Å². The fourth-order valence-electron chi connectivity index (χ4n) is 2.30. The highest BCUT2D eigenvalue weighted by molar-refractivity contribution is 5.75. The number of methoxy groups -OCH3 is 1. The number of nitrogens with zero attached hydrogens (tertiary/aromatic N) is 1. The Kier molecular flexibility index (Phi) is 4.90. The van der Waals surface area contributed by atoms with Gasteiger partial charge in [0.2, 0.25) is 0 Å². The number of esters is 1. The lowest BCUT2D eigenvalue weighted by molar-refractivity contribution is -0.148. The fraction of sp³-hybridized carbons (Fsp3) is 0.923. The molecule has 4 nitrogen and oxygen atoms in total. The van der Waals surface area contributed by atoms with Crippen LogP contribution in [0.1, 0.15) is 32.1 Å². The number of rotatable bonds is 8. The molecule has 7 heteroatoms. The zero-order chi connectivity index (χ0) is 14.8. The standard InChI is InChI=1S/C13H21F3N2O2/c1-20-12(19)11(17-9-2-3-9)6-7-18(10-4-5-10)8-13(14,15)16/h9-11,17H,2-8H2,1H3. The zero-order valence-corrected chi connectivity index (χ0v) is 11.6. The van der Waals surface area contributed by atoms with Crippen molar-refractivity contribution in [2.24, 2.45) is 0 Å². The van der Waals surface area contributed by atoms with E-state index in [1.807, 2.05) is 0 Å². The van der Waals surface area contributed by atoms with E-state index in [4.69, 9.17) is 4.74 Å². The van der Waals surface area contributed by atoms with Crippen molar-refractivity contribution in [3.63, 3.8) is 0 Å². The maximum atomic E-state index is 12.5. The number of carbonyl (C=O) groups is 1. The molecule has 1 N–H and O–H groups in total. The molecule has 0 radical (unpaired) electrons. The zero-order valence-electron chi connectivity index (χ0n) is 11.6. The number of carbonyl (C=O) groups excluding carboxylic acids is 1. The summed E-state index contributed by atoms with van der Waals surface area (Å²) in [7, 11) is 1.30. The van der Waals surface area contributed by atoms with Gasteiger partial charge in [-0.15, -0.1) is 0 Å². The molecule has 0 amide bonds. The summed E-state index contributed by atoms with van der Waals surface area (Å²) in [5, 5.41) is 3.14. The maximum Gasteiger partial charge on any atom is 0.401 e. The molecule has 1 unspecified atom stereocenters. The molecule has 2 fully saturated rings. The van der Waals surface area contributed by atoms with Crippen molar-refractivity contribution in [2.75, 3.05) is 20.2 Å². The van der Waals surface area contributed by atoms with Crippen molar-refractivity contribution >= 4 is 5.97 Å². The third-order valence-corrected chi connectivity index (χ3v) is 3.65. The first kappa shape index (κ1) is 15.6. The van der Waals surface area contributed by atoms with Gasteiger partial charge in [0, 0.05) is 18.6 Å². The summed E-state index contributed by atoms with van der Waals surface area (Å²) in [4.78, 5) is 13.1. The minimum Gasteiger partial charge on any atom is -0.468 e. The van der Waals surface area contributed by atoms with Crippen LogP contribution >= 0.6 is 0 Å². The van der Waals surface area contributed by atoms with Crippen molar-refractivity contribution in [1.29, 1.82) is 0 Å². The van der Waals surface area contributed by atoms with E-state index in [1.54, 1.807) is 0 Å². The van der Waals surface area contributed by atoms with E-state index in [-0.39, 0.29) is 18.6 Å². The van der Waals surface area contributed by atoms with Crippen LogP contribution in [-0.2, 0) is 9.53 Å². The van der Waals surface area contributed by atoms with Crippen molar-refractivity contribution in [3.05, 3.63) is 0 Å². The SMILES string of the molecule is COC(=O)C(CCN(CC(F)(F)F)C1CC1)NC1CC1. The normalized spacial score (nSPS) is 21.1. The molecule has 0 aromatic carbocycles. The van der Waals surface area contributed by atoms with Crippen LogP contribution in [-0.4, -0.2) is 55.4 Å². The Morgan fingerprint density at radius 3 is 2.45 bits per heavy atom. The topological polar surface area (TPSA) is 41.6 Å². The first-order valence-corrected chi connectivity index (χ1v) is 7.03. The molecule has 2 aliphatic carbocycles. The minimum absolute atomic E-state index is 0.0239. The monoisotopic (exact) mass is 294 g/mol. The quantitative estimate of drug-likeness (QED) is 0.692. The molecule has 0 aromatic heterocycles. The molecule has 1 atom stereocenters. The van der Waals surface area contributed by atoms with Gasteiger partial charge in [-0.2, -0.15) is 13.2 Å². The Hall–Kier alpha value is -0.820. The molecule has 0 bridgehead atoms. The molecule has 2 saturated carbocycles. The van der Waals surface area contributed by atoms with Gasteiger partial charge in [0.05, 0.1) is 13.7 Å². The Morgan fingerprint density at radius 2 is 2.00 bits per heavy atom. The minimum atomic E-state index is -4.19. The predicted octanol–water partition coefficient (Wildman–Crippen LogP) is 1.70. The summed E-state index contributed by atoms with van der Waals surface area (Å²) in [6.45, 7) is -0.626. The summed E-state index contributed by atoms with van der Waals surface area (Å²) >= 11 is 0. The molecule has 2 aliphatic rings. The molecule has 0 spiro atoms. The molecular formula is C13H21F3N2O2. The van der Waals surface area contributed by atoms with Gasteiger partial charge in [-0.1, -0.05) is 0 Å². The van der Waals surface area contributed by atoms with Gasteiger partial charge in [0.15, 0.2) is 0 Å². The number of nitrogens with one attached hydrogen (secondary N) is 1. The largest absolute Gasteiger partial charge is 0.468 e. The van der Waals surface area contributed by atoms with Gasteiger partial charge < -0.3 is 10.1 Å². The number of ether oxygens (including phenoxy) is 1. The average molecular weight is 294 g/mol. The second kappa shape index (κ2) is 6.30. The molecule has 0 heterocycles. The molecule has 116 valence electrons. The molecule has 2 rings (SSSR count). The van der Waals surface area contributed by atoms with Gasteiger partial charge in [-0.05, 0) is 32.1 Å². The van der Waals surface area contributed by atoms with Crippen molar-refractivity contribution in [3.8, 4) is 0 Å². The summed E-state index contributed by atoms with van der Waals surface area (Å²) in [5.41, 5.74) is 0. The van der Waals surface area contributed by atoms with Crippen LogP contribution in [0.25, 0.3) is 0 Å². The fourth-order valence-corrected chi connectivity index (χ4v) is 2.30. The predicted molar refractivity (Wildman–Crippen MR) is 67.2 cm³/mol. The summed E-state index contributed by atoms with van der Waals surface area (Å²) in [6, 6.07) is -0.158. The van der Waals surface area contributed by atoms with E-state index in [2.05, 4.69) is 5.32 Å². The lowest BCUT2D eigenvalue weighted by atomic mass is 10.2. The first-order valence-electron chi connectivity index (χ1n) is 7.03. The summed E-state index contributed by atoms with van der Waals surface area (Å²) in [6.07, 6.45) is -0.169. The molecule has 20 heavy (non-hydrogen) atoms. The number of hydrogen-bond donors (Lipinski definition) is 1. The van der Waals surface area contributed by atoms with E-state index in [1.165, 1.54) is 12.0 Å². The number of halogens is 3. The first-order chi connectivity index (χ1) is 9.39. The van der Waals surface area contributed by atoms with E-state index >= 15 is 0 Å². The van der Waals surface area contributed by atoms with Crippen molar-refractivity contribution < 1.29 is 22.7 Å². The van der Waals surface area contributed by atoms with Crippen LogP contribution in [0.3, 0.4) is 0 Å². The Bertz CT molecular complexity index is 341. The third kappa shape index (κ3) is 5.28. The van der Waals surface area contributed by atoms with E-state index in [0.29, 0.717) is 12.5 Å². The highest BCUT2D eigenvalue weighted by Crippen LogP contribution is 2.30. The van der Waals surface area contributed by atoms with Crippen molar-refractivity contribution in [1.82, 2.24) is 10.2 Å². The third-order valence-electron chi connectivity index (χ3n) is 3.65. The summed E-state index contributed by atoms with van der Waals surface area (Å²) in [5.74, 6) is -0.389. The second-order valence-electron chi connectivity index (χ2n) is 5.62. The second-order valence-corrected chi connectivity index (χ2v) is 5.62. The molecular weight excluding hydrogens is 273 g/mol. The Labute approximate surface area is 116 Å². The highest BCUT2D eigenvalue weighted by atomic mass is 19.4. The van der Waals surface area contributed by atoms with Crippen LogP contribution in [0.5, 0.6) is 0 Å². The molecule has 0 saturated heterocycles. The lowest BCUT2D eigenvalue weighted by Gasteiger charge is -2.25. The summed E-state index contributed by atoms with van der Waals surface area (Å²) < 4.78 is 42.3. The van der Waals surface area contributed by atoms with Gasteiger partial charge in [-0.3, -0.25) is 9.69 Å². The molecule has 0 aliphatic heterocycles. The van der Waals surface area contributed by atoms with Crippen molar-refractivity contribution in [2.45, 2.75) is 56.4 Å². The van der Waals surface area contributed by atoms with Crippen LogP contribution in [0, 0.1) is 0 Å². The van der Waals surface area contributed by atoms with Gasteiger partial charge in [0.1, 0.15) is 6.04 Å². The van der Waals surface area contributed by atoms with Gasteiger partial charge in [0.25, 0.3) is 0 Å². The molecule has 0 aromatic rings. The van der Waals surface area contributed by atoms with Crippen LogP contribution in [0.15, 0.2) is 0 Å².